The molecule has 6 nitrogen and oxygen atoms in total. The van der Waals surface area contributed by atoms with E-state index in [1.165, 1.54) is 5.69 Å². The Bertz CT molecular complexity index is 1460. The highest BCUT2D eigenvalue weighted by Crippen LogP contribution is 2.49. The van der Waals surface area contributed by atoms with Crippen LogP contribution in [0.5, 0.6) is 0 Å². The maximum absolute atomic E-state index is 13.8. The number of primary amides is 1. The zero-order valence-electron chi connectivity index (χ0n) is 19.9. The molecule has 3 heterocycles. The normalized spacial score (nSPS) is 17.0. The van der Waals surface area contributed by atoms with Gasteiger partial charge in [0, 0.05) is 65.2 Å². The van der Waals surface area contributed by atoms with Gasteiger partial charge in [-0.15, -0.1) is 0 Å². The summed E-state index contributed by atoms with van der Waals surface area (Å²) in [5.41, 5.74) is 11.3. The standard InChI is InChI=1S/C29H28N4O2/c1-29(2)26-22(23-14-31-24-11-7-6-10-21(23)24)12-19(27(30)34)13-25(26)33(28(29)35)17-18-15-32(16-18)20-8-4-3-5-9-20/h3-14,18,31H,15-17H2,1-2H3,(H2,30,34). The van der Waals surface area contributed by atoms with E-state index in [9.17, 15) is 9.59 Å². The summed E-state index contributed by atoms with van der Waals surface area (Å²) in [7, 11) is 0. The third kappa shape index (κ3) is 3.32. The molecule has 1 fully saturated rings. The maximum Gasteiger partial charge on any atom is 0.248 e. The third-order valence-electron chi connectivity index (χ3n) is 7.50. The Labute approximate surface area is 204 Å². The van der Waals surface area contributed by atoms with Crippen molar-refractivity contribution in [1.82, 2.24) is 4.98 Å². The topological polar surface area (TPSA) is 82.4 Å². The second-order valence-corrected chi connectivity index (χ2v) is 10.2. The number of anilines is 2. The molecule has 1 aromatic heterocycles. The lowest BCUT2D eigenvalue weighted by Crippen LogP contribution is -2.53. The molecule has 6 heteroatoms. The molecule has 2 amide bonds. The second kappa shape index (κ2) is 7.73. The van der Waals surface area contributed by atoms with Gasteiger partial charge >= 0.3 is 0 Å². The molecular formula is C29H28N4O2. The molecule has 6 rings (SSSR count). The molecule has 0 radical (unpaired) electrons. The fourth-order valence-electron chi connectivity index (χ4n) is 5.67. The molecule has 2 aliphatic rings. The van der Waals surface area contributed by atoms with Crippen LogP contribution in [-0.4, -0.2) is 36.4 Å². The van der Waals surface area contributed by atoms with Gasteiger partial charge in [0.15, 0.2) is 0 Å². The molecule has 0 atom stereocenters. The zero-order valence-corrected chi connectivity index (χ0v) is 19.9. The number of nitrogens with zero attached hydrogens (tertiary/aromatic N) is 2. The molecule has 0 unspecified atom stereocenters. The van der Waals surface area contributed by atoms with Crippen molar-refractivity contribution in [2.24, 2.45) is 11.7 Å². The molecule has 0 aliphatic carbocycles. The minimum Gasteiger partial charge on any atom is -0.371 e. The van der Waals surface area contributed by atoms with Crippen LogP contribution in [-0.2, 0) is 10.2 Å². The lowest BCUT2D eigenvalue weighted by Gasteiger charge is -2.42. The average Bonchev–Trinajstić information content (AvgIpc) is 3.34. The predicted molar refractivity (Wildman–Crippen MR) is 140 cm³/mol. The molecule has 2 aliphatic heterocycles. The molecule has 3 N–H and O–H groups in total. The van der Waals surface area contributed by atoms with Gasteiger partial charge in [0.1, 0.15) is 0 Å². The number of aromatic nitrogens is 1. The number of hydrogen-bond donors (Lipinski definition) is 2. The molecule has 3 aromatic carbocycles. The highest BCUT2D eigenvalue weighted by atomic mass is 16.2. The van der Waals surface area contributed by atoms with Gasteiger partial charge in [-0.1, -0.05) is 36.4 Å². The first-order valence-corrected chi connectivity index (χ1v) is 12.0. The molecule has 1 saturated heterocycles. The summed E-state index contributed by atoms with van der Waals surface area (Å²) in [5.74, 6) is -0.0760. The Morgan fingerprint density at radius 1 is 1.03 bits per heavy atom. The van der Waals surface area contributed by atoms with Crippen molar-refractivity contribution in [2.45, 2.75) is 19.3 Å². The number of benzene rings is 3. The molecular weight excluding hydrogens is 436 g/mol. The second-order valence-electron chi connectivity index (χ2n) is 10.2. The van der Waals surface area contributed by atoms with Crippen molar-refractivity contribution in [3.05, 3.63) is 84.1 Å². The number of H-pyrrole nitrogens is 1. The number of fused-ring (bicyclic) bond motifs is 2. The summed E-state index contributed by atoms with van der Waals surface area (Å²) in [6.45, 7) is 6.37. The quantitative estimate of drug-likeness (QED) is 0.449. The number of nitrogens with one attached hydrogen (secondary N) is 1. The van der Waals surface area contributed by atoms with E-state index < -0.39 is 11.3 Å². The fourth-order valence-corrected chi connectivity index (χ4v) is 5.67. The van der Waals surface area contributed by atoms with Gasteiger partial charge in [0.05, 0.1) is 5.41 Å². The van der Waals surface area contributed by atoms with E-state index in [4.69, 9.17) is 5.73 Å². The van der Waals surface area contributed by atoms with Crippen molar-refractivity contribution in [3.63, 3.8) is 0 Å². The van der Waals surface area contributed by atoms with Crippen LogP contribution in [0.1, 0.15) is 29.8 Å². The zero-order chi connectivity index (χ0) is 24.3. The van der Waals surface area contributed by atoms with Gasteiger partial charge in [0.25, 0.3) is 0 Å². The van der Waals surface area contributed by atoms with E-state index in [0.29, 0.717) is 18.0 Å². The van der Waals surface area contributed by atoms with Gasteiger partial charge in [-0.3, -0.25) is 9.59 Å². The number of para-hydroxylation sites is 2. The van der Waals surface area contributed by atoms with Gasteiger partial charge in [-0.2, -0.15) is 0 Å². The molecule has 176 valence electrons. The van der Waals surface area contributed by atoms with Crippen molar-refractivity contribution in [1.29, 1.82) is 0 Å². The monoisotopic (exact) mass is 464 g/mol. The van der Waals surface area contributed by atoms with E-state index in [0.717, 1.165) is 46.4 Å². The highest BCUT2D eigenvalue weighted by Gasteiger charge is 2.47. The molecule has 0 bridgehead atoms. The van der Waals surface area contributed by atoms with Crippen LogP contribution in [0.15, 0.2) is 72.9 Å². The number of rotatable bonds is 5. The fraction of sp³-hybridized carbons (Fsp3) is 0.241. The maximum atomic E-state index is 13.8. The van der Waals surface area contributed by atoms with Crippen molar-refractivity contribution in [2.75, 3.05) is 29.4 Å². The SMILES string of the molecule is CC1(C)C(=O)N(CC2CN(c3ccccc3)C2)c2cc(C(N)=O)cc(-c3c[nH]c4ccccc34)c21. The van der Waals surface area contributed by atoms with Crippen molar-refractivity contribution in [3.8, 4) is 11.1 Å². The largest absolute Gasteiger partial charge is 0.371 e. The summed E-state index contributed by atoms with van der Waals surface area (Å²) in [6, 6.07) is 22.0. The number of carbonyl (C=O) groups is 2. The Balaban J connectivity index is 1.41. The van der Waals surface area contributed by atoms with E-state index in [1.54, 1.807) is 6.07 Å². The van der Waals surface area contributed by atoms with Crippen LogP contribution in [0.3, 0.4) is 0 Å². The van der Waals surface area contributed by atoms with Crippen LogP contribution >= 0.6 is 0 Å². The number of aromatic amines is 1. The summed E-state index contributed by atoms with van der Waals surface area (Å²) >= 11 is 0. The van der Waals surface area contributed by atoms with Gasteiger partial charge in [0.2, 0.25) is 11.8 Å². The number of amides is 2. The molecule has 4 aromatic rings. The van der Waals surface area contributed by atoms with E-state index in [1.807, 2.05) is 67.4 Å². The van der Waals surface area contributed by atoms with Crippen molar-refractivity contribution >= 4 is 34.1 Å². The van der Waals surface area contributed by atoms with Gasteiger partial charge < -0.3 is 20.5 Å². The lowest BCUT2D eigenvalue weighted by atomic mass is 9.80. The predicted octanol–water partition coefficient (Wildman–Crippen LogP) is 4.69. The Morgan fingerprint density at radius 3 is 2.49 bits per heavy atom. The minimum absolute atomic E-state index is 0.0633. The van der Waals surface area contributed by atoms with Crippen LogP contribution in [0, 0.1) is 5.92 Å². The smallest absolute Gasteiger partial charge is 0.248 e. The van der Waals surface area contributed by atoms with Crippen LogP contribution in [0.4, 0.5) is 11.4 Å². The first-order valence-electron chi connectivity index (χ1n) is 12.0. The van der Waals surface area contributed by atoms with E-state index in [2.05, 4.69) is 28.1 Å². The lowest BCUT2D eigenvalue weighted by molar-refractivity contribution is -0.122. The first kappa shape index (κ1) is 21.5. The van der Waals surface area contributed by atoms with E-state index >= 15 is 0 Å². The van der Waals surface area contributed by atoms with Gasteiger partial charge in [-0.05, 0) is 55.3 Å². The Hall–Kier alpha value is -4.06. The Kier molecular flexibility index (Phi) is 4.74. The third-order valence-corrected chi connectivity index (χ3v) is 7.50. The van der Waals surface area contributed by atoms with Crippen molar-refractivity contribution < 1.29 is 9.59 Å². The van der Waals surface area contributed by atoms with Crippen LogP contribution in [0.2, 0.25) is 0 Å². The summed E-state index contributed by atoms with van der Waals surface area (Å²) < 4.78 is 0. The highest BCUT2D eigenvalue weighted by molar-refractivity contribution is 6.13. The van der Waals surface area contributed by atoms with Gasteiger partial charge in [-0.25, -0.2) is 0 Å². The molecule has 35 heavy (non-hydrogen) atoms. The summed E-state index contributed by atoms with van der Waals surface area (Å²) in [5, 5.41) is 1.05. The minimum atomic E-state index is -0.720. The number of nitrogens with two attached hydrogens (primary N) is 1. The number of hydrogen-bond acceptors (Lipinski definition) is 3. The van der Waals surface area contributed by atoms with Crippen LogP contribution < -0.4 is 15.5 Å². The molecule has 0 spiro atoms. The van der Waals surface area contributed by atoms with Crippen LogP contribution in [0.25, 0.3) is 22.0 Å². The summed E-state index contributed by atoms with van der Waals surface area (Å²) in [4.78, 5) is 33.6. The number of carbonyl (C=O) groups excluding carboxylic acids is 2. The summed E-state index contributed by atoms with van der Waals surface area (Å²) in [6.07, 6.45) is 1.96. The Morgan fingerprint density at radius 2 is 1.74 bits per heavy atom. The first-order chi connectivity index (χ1) is 16.8. The molecule has 0 saturated carbocycles. The van der Waals surface area contributed by atoms with E-state index in [-0.39, 0.29) is 5.91 Å². The average molecular weight is 465 g/mol.